The number of hydrogen-bond donors (Lipinski definition) is 1. The summed E-state index contributed by atoms with van der Waals surface area (Å²) in [4.78, 5) is 25.7. The molecule has 0 radical (unpaired) electrons. The van der Waals surface area contributed by atoms with Gasteiger partial charge in [-0.15, -0.1) is 6.58 Å². The van der Waals surface area contributed by atoms with Gasteiger partial charge >= 0.3 is 5.97 Å². The number of ether oxygens (including phenoxy) is 1. The van der Waals surface area contributed by atoms with Crippen molar-refractivity contribution in [1.29, 1.82) is 0 Å². The lowest BCUT2D eigenvalue weighted by molar-refractivity contribution is -0.148. The quantitative estimate of drug-likeness (QED) is 0.734. The van der Waals surface area contributed by atoms with E-state index in [0.29, 0.717) is 19.7 Å². The van der Waals surface area contributed by atoms with E-state index >= 15 is 0 Å². The molecule has 1 amide bonds. The summed E-state index contributed by atoms with van der Waals surface area (Å²) in [5.74, 6) is -1.23. The highest BCUT2D eigenvalue weighted by atomic mass is 16.5. The lowest BCUT2D eigenvalue weighted by Gasteiger charge is -2.28. The van der Waals surface area contributed by atoms with Crippen LogP contribution in [0.25, 0.3) is 0 Å². The number of carboxylic acid groups (broad SMARTS) is 1. The maximum atomic E-state index is 12.4. The average Bonchev–Trinajstić information content (AvgIpc) is 3.00. The van der Waals surface area contributed by atoms with Gasteiger partial charge < -0.3 is 14.7 Å². The van der Waals surface area contributed by atoms with Crippen molar-refractivity contribution in [3.63, 3.8) is 0 Å². The molecule has 5 heteroatoms. The Labute approximate surface area is 132 Å². The van der Waals surface area contributed by atoms with Crippen LogP contribution in [-0.4, -0.2) is 47.7 Å². The Morgan fingerprint density at radius 3 is 2.64 bits per heavy atom. The number of likely N-dealkylation sites (tertiary alicyclic amines) is 1. The zero-order chi connectivity index (χ0) is 15.9. The van der Waals surface area contributed by atoms with Crippen molar-refractivity contribution >= 4 is 11.9 Å². The first-order chi connectivity index (χ1) is 10.6. The van der Waals surface area contributed by atoms with Gasteiger partial charge in [-0.1, -0.05) is 25.3 Å². The number of carboxylic acids is 1. The Morgan fingerprint density at radius 2 is 2.00 bits per heavy atom. The second-order valence-corrected chi connectivity index (χ2v) is 6.42. The van der Waals surface area contributed by atoms with Crippen molar-refractivity contribution in [2.45, 2.75) is 51.0 Å². The summed E-state index contributed by atoms with van der Waals surface area (Å²) in [7, 11) is 0. The van der Waals surface area contributed by atoms with Crippen molar-refractivity contribution in [3.8, 4) is 0 Å². The first-order valence-corrected chi connectivity index (χ1v) is 8.35. The summed E-state index contributed by atoms with van der Waals surface area (Å²) in [5.41, 5.74) is 0. The highest BCUT2D eigenvalue weighted by molar-refractivity contribution is 5.82. The Kier molecular flexibility index (Phi) is 6.43. The summed E-state index contributed by atoms with van der Waals surface area (Å²) in [5, 5.41) is 9.48. The lowest BCUT2D eigenvalue weighted by atomic mass is 9.78. The SMILES string of the molecule is C=CCO[C@@H]1CCN(C(=O)C[C@H](C(=O)O)C2CCCCC2)C1. The van der Waals surface area contributed by atoms with Crippen LogP contribution in [0.4, 0.5) is 0 Å². The van der Waals surface area contributed by atoms with E-state index in [0.717, 1.165) is 32.1 Å². The molecule has 0 aromatic rings. The maximum absolute atomic E-state index is 12.4. The van der Waals surface area contributed by atoms with Crippen LogP contribution in [0.2, 0.25) is 0 Å². The smallest absolute Gasteiger partial charge is 0.307 e. The molecule has 124 valence electrons. The Bertz CT molecular complexity index is 403. The molecule has 1 aliphatic carbocycles. The van der Waals surface area contributed by atoms with Crippen LogP contribution in [0.3, 0.4) is 0 Å². The van der Waals surface area contributed by atoms with Crippen LogP contribution >= 0.6 is 0 Å². The monoisotopic (exact) mass is 309 g/mol. The fourth-order valence-electron chi connectivity index (χ4n) is 3.60. The van der Waals surface area contributed by atoms with Gasteiger partial charge in [0.05, 0.1) is 18.6 Å². The van der Waals surface area contributed by atoms with Gasteiger partial charge in [0, 0.05) is 19.5 Å². The van der Waals surface area contributed by atoms with Gasteiger partial charge in [-0.3, -0.25) is 9.59 Å². The van der Waals surface area contributed by atoms with E-state index in [-0.39, 0.29) is 24.3 Å². The Balaban J connectivity index is 1.86. The Hall–Kier alpha value is -1.36. The second kappa shape index (κ2) is 8.32. The van der Waals surface area contributed by atoms with Crippen LogP contribution in [0.1, 0.15) is 44.9 Å². The summed E-state index contributed by atoms with van der Waals surface area (Å²) in [6, 6.07) is 0. The van der Waals surface area contributed by atoms with Crippen LogP contribution < -0.4 is 0 Å². The van der Waals surface area contributed by atoms with Crippen LogP contribution in [0.15, 0.2) is 12.7 Å². The molecular formula is C17H27NO4. The zero-order valence-electron chi connectivity index (χ0n) is 13.2. The van der Waals surface area contributed by atoms with Crippen molar-refractivity contribution in [3.05, 3.63) is 12.7 Å². The molecule has 0 bridgehead atoms. The molecular weight excluding hydrogens is 282 g/mol. The van der Waals surface area contributed by atoms with E-state index in [9.17, 15) is 14.7 Å². The molecule has 2 fully saturated rings. The van der Waals surface area contributed by atoms with E-state index < -0.39 is 11.9 Å². The number of hydrogen-bond acceptors (Lipinski definition) is 3. The van der Waals surface area contributed by atoms with Gasteiger partial charge in [0.1, 0.15) is 0 Å². The molecule has 22 heavy (non-hydrogen) atoms. The maximum Gasteiger partial charge on any atom is 0.307 e. The standard InChI is InChI=1S/C17H27NO4/c1-2-10-22-14-8-9-18(12-14)16(19)11-15(17(20)21)13-6-4-3-5-7-13/h2,13-15H,1,3-12H2,(H,20,21)/t14-,15+/m1/s1. The molecule has 2 aliphatic rings. The van der Waals surface area contributed by atoms with Gasteiger partial charge in [0.2, 0.25) is 5.91 Å². The van der Waals surface area contributed by atoms with Crippen molar-refractivity contribution in [2.75, 3.05) is 19.7 Å². The van der Waals surface area contributed by atoms with Gasteiger partial charge in [-0.05, 0) is 25.2 Å². The van der Waals surface area contributed by atoms with Crippen LogP contribution in [0, 0.1) is 11.8 Å². The van der Waals surface area contributed by atoms with Crippen LogP contribution in [0.5, 0.6) is 0 Å². The van der Waals surface area contributed by atoms with E-state index in [4.69, 9.17) is 4.74 Å². The minimum absolute atomic E-state index is 0.0392. The second-order valence-electron chi connectivity index (χ2n) is 6.42. The number of rotatable bonds is 7. The van der Waals surface area contributed by atoms with Gasteiger partial charge in [0.15, 0.2) is 0 Å². The minimum Gasteiger partial charge on any atom is -0.481 e. The minimum atomic E-state index is -0.820. The molecule has 0 aromatic heterocycles. The molecule has 1 aliphatic heterocycles. The first kappa shape index (κ1) is 17.0. The van der Waals surface area contributed by atoms with Gasteiger partial charge in [-0.2, -0.15) is 0 Å². The molecule has 5 nitrogen and oxygen atoms in total. The molecule has 1 saturated heterocycles. The zero-order valence-corrected chi connectivity index (χ0v) is 13.2. The molecule has 1 N–H and O–H groups in total. The summed E-state index contributed by atoms with van der Waals surface area (Å²) in [6.07, 6.45) is 7.95. The summed E-state index contributed by atoms with van der Waals surface area (Å²) < 4.78 is 5.57. The van der Waals surface area contributed by atoms with Gasteiger partial charge in [-0.25, -0.2) is 0 Å². The normalized spacial score (nSPS) is 24.2. The molecule has 0 spiro atoms. The number of amides is 1. The highest BCUT2D eigenvalue weighted by Gasteiger charge is 2.34. The van der Waals surface area contributed by atoms with E-state index in [2.05, 4.69) is 6.58 Å². The number of carbonyl (C=O) groups excluding carboxylic acids is 1. The predicted octanol–water partition coefficient (Wildman–Crippen LogP) is 2.46. The van der Waals surface area contributed by atoms with E-state index in [1.54, 1.807) is 11.0 Å². The average molecular weight is 309 g/mol. The van der Waals surface area contributed by atoms with Crippen molar-refractivity contribution in [2.24, 2.45) is 11.8 Å². The fraction of sp³-hybridized carbons (Fsp3) is 0.765. The lowest BCUT2D eigenvalue weighted by Crippen LogP contribution is -2.35. The largest absolute Gasteiger partial charge is 0.481 e. The molecule has 2 rings (SSSR count). The third-order valence-corrected chi connectivity index (χ3v) is 4.88. The number of nitrogens with zero attached hydrogens (tertiary/aromatic N) is 1. The topological polar surface area (TPSA) is 66.8 Å². The third-order valence-electron chi connectivity index (χ3n) is 4.88. The molecule has 1 saturated carbocycles. The molecule has 2 atom stereocenters. The third kappa shape index (κ3) is 4.57. The first-order valence-electron chi connectivity index (χ1n) is 8.35. The Morgan fingerprint density at radius 1 is 1.27 bits per heavy atom. The highest BCUT2D eigenvalue weighted by Crippen LogP contribution is 2.32. The van der Waals surface area contributed by atoms with E-state index in [1.807, 2.05) is 0 Å². The molecule has 0 aromatic carbocycles. The summed E-state index contributed by atoms with van der Waals surface area (Å²) in [6.45, 7) is 5.35. The van der Waals surface area contributed by atoms with Gasteiger partial charge in [0.25, 0.3) is 0 Å². The molecule has 1 heterocycles. The van der Waals surface area contributed by atoms with E-state index in [1.165, 1.54) is 6.42 Å². The number of aliphatic carboxylic acids is 1. The van der Waals surface area contributed by atoms with Crippen molar-refractivity contribution < 1.29 is 19.4 Å². The molecule has 0 unspecified atom stereocenters. The number of carbonyl (C=O) groups is 2. The fourth-order valence-corrected chi connectivity index (χ4v) is 3.60. The summed E-state index contributed by atoms with van der Waals surface area (Å²) >= 11 is 0. The van der Waals surface area contributed by atoms with Crippen LogP contribution in [-0.2, 0) is 14.3 Å². The predicted molar refractivity (Wildman–Crippen MR) is 83.5 cm³/mol. The van der Waals surface area contributed by atoms with Crippen molar-refractivity contribution in [1.82, 2.24) is 4.90 Å².